The summed E-state index contributed by atoms with van der Waals surface area (Å²) in [5.74, 6) is 0. The number of halogens is 3. The quantitative estimate of drug-likeness (QED) is 0.780. The summed E-state index contributed by atoms with van der Waals surface area (Å²) in [7, 11) is 0. The minimum atomic E-state index is -2.54. The molecule has 12 heavy (non-hydrogen) atoms. The van der Waals surface area contributed by atoms with E-state index in [4.69, 9.17) is 17.3 Å². The van der Waals surface area contributed by atoms with E-state index in [1.807, 2.05) is 0 Å². The maximum Gasteiger partial charge on any atom is 0.265 e. The Bertz CT molecular complexity index is 278. The number of aromatic nitrogens is 1. The van der Waals surface area contributed by atoms with Crippen LogP contribution in [-0.4, -0.2) is 4.98 Å². The van der Waals surface area contributed by atoms with Gasteiger partial charge in [-0.2, -0.15) is 0 Å². The predicted octanol–water partition coefficient (Wildman–Crippen LogP) is 2.13. The summed E-state index contributed by atoms with van der Waals surface area (Å²) in [5, 5.41) is 0.190. The molecule has 0 aliphatic heterocycles. The van der Waals surface area contributed by atoms with Crippen LogP contribution in [0.5, 0.6) is 0 Å². The van der Waals surface area contributed by atoms with Crippen molar-refractivity contribution in [3.05, 3.63) is 28.5 Å². The normalized spacial score (nSPS) is 10.8. The Kier molecular flexibility index (Phi) is 2.94. The molecule has 0 atom stereocenters. The smallest absolute Gasteiger partial charge is 0.265 e. The Hall–Kier alpha value is -0.740. The minimum absolute atomic E-state index is 0.155. The molecule has 0 radical (unpaired) electrons. The first-order valence-electron chi connectivity index (χ1n) is 3.27. The molecule has 0 aliphatic carbocycles. The first-order chi connectivity index (χ1) is 5.65. The van der Waals surface area contributed by atoms with Crippen LogP contribution >= 0.6 is 11.6 Å². The van der Waals surface area contributed by atoms with Crippen LogP contribution < -0.4 is 5.73 Å². The van der Waals surface area contributed by atoms with Crippen LogP contribution in [0.25, 0.3) is 0 Å². The van der Waals surface area contributed by atoms with Gasteiger partial charge in [-0.05, 0) is 6.07 Å². The van der Waals surface area contributed by atoms with Gasteiger partial charge in [-0.3, -0.25) is 4.98 Å². The molecule has 0 spiro atoms. The van der Waals surface area contributed by atoms with Crippen LogP contribution in [0, 0.1) is 0 Å². The molecule has 0 bridgehead atoms. The summed E-state index contributed by atoms with van der Waals surface area (Å²) >= 11 is 5.60. The third-order valence-corrected chi connectivity index (χ3v) is 1.71. The van der Waals surface area contributed by atoms with Crippen molar-refractivity contribution in [1.82, 2.24) is 4.98 Å². The van der Waals surface area contributed by atoms with Gasteiger partial charge in [0.15, 0.2) is 0 Å². The van der Waals surface area contributed by atoms with Crippen LogP contribution in [-0.2, 0) is 6.54 Å². The van der Waals surface area contributed by atoms with Crippen molar-refractivity contribution in [2.45, 2.75) is 13.0 Å². The Morgan fingerprint density at radius 3 is 2.67 bits per heavy atom. The van der Waals surface area contributed by atoms with E-state index in [1.54, 1.807) is 0 Å². The van der Waals surface area contributed by atoms with Gasteiger partial charge >= 0.3 is 0 Å². The van der Waals surface area contributed by atoms with Gasteiger partial charge in [0.2, 0.25) is 0 Å². The van der Waals surface area contributed by atoms with E-state index in [9.17, 15) is 8.78 Å². The number of rotatable bonds is 2. The third-order valence-electron chi connectivity index (χ3n) is 1.38. The zero-order chi connectivity index (χ0) is 9.14. The SMILES string of the molecule is NCc1ncc(C(F)F)cc1Cl. The lowest BCUT2D eigenvalue weighted by atomic mass is 10.2. The Labute approximate surface area is 73.4 Å². The molecule has 0 aliphatic rings. The molecule has 0 amide bonds. The van der Waals surface area contributed by atoms with Crippen LogP contribution in [0.2, 0.25) is 5.02 Å². The molecule has 1 heterocycles. The van der Waals surface area contributed by atoms with Crippen LogP contribution in [0.4, 0.5) is 8.78 Å². The second kappa shape index (κ2) is 3.78. The fraction of sp³-hybridized carbons (Fsp3) is 0.286. The van der Waals surface area contributed by atoms with Crippen molar-refractivity contribution in [1.29, 1.82) is 0 Å². The Morgan fingerprint density at radius 1 is 1.58 bits per heavy atom. The highest BCUT2D eigenvalue weighted by molar-refractivity contribution is 6.31. The topological polar surface area (TPSA) is 38.9 Å². The van der Waals surface area contributed by atoms with Crippen molar-refractivity contribution in [2.24, 2.45) is 5.73 Å². The molecule has 1 aromatic heterocycles. The summed E-state index contributed by atoms with van der Waals surface area (Å²) in [4.78, 5) is 3.68. The zero-order valence-electron chi connectivity index (χ0n) is 6.10. The number of hydrogen-bond donors (Lipinski definition) is 1. The van der Waals surface area contributed by atoms with E-state index in [0.29, 0.717) is 5.69 Å². The fourth-order valence-electron chi connectivity index (χ4n) is 0.751. The van der Waals surface area contributed by atoms with Crippen molar-refractivity contribution in [3.63, 3.8) is 0 Å². The number of alkyl halides is 2. The highest BCUT2D eigenvalue weighted by Crippen LogP contribution is 2.22. The molecule has 0 aromatic carbocycles. The van der Waals surface area contributed by atoms with Crippen molar-refractivity contribution in [2.75, 3.05) is 0 Å². The predicted molar refractivity (Wildman–Crippen MR) is 42.1 cm³/mol. The monoisotopic (exact) mass is 192 g/mol. The maximum atomic E-state index is 12.1. The summed E-state index contributed by atoms with van der Waals surface area (Å²) in [6.07, 6.45) is -1.46. The van der Waals surface area contributed by atoms with E-state index in [2.05, 4.69) is 4.98 Å². The van der Waals surface area contributed by atoms with E-state index < -0.39 is 6.43 Å². The second-order valence-electron chi connectivity index (χ2n) is 2.20. The summed E-state index contributed by atoms with van der Waals surface area (Å²) in [6, 6.07) is 1.18. The number of hydrogen-bond acceptors (Lipinski definition) is 2. The van der Waals surface area contributed by atoms with E-state index in [-0.39, 0.29) is 17.1 Å². The standard InChI is InChI=1S/C7H7ClF2N2/c8-5-1-4(7(9)10)3-12-6(5)2-11/h1,3,7H,2,11H2. The number of pyridine rings is 1. The van der Waals surface area contributed by atoms with Crippen molar-refractivity contribution < 1.29 is 8.78 Å². The zero-order valence-corrected chi connectivity index (χ0v) is 6.85. The summed E-state index contributed by atoms with van der Waals surface area (Å²) in [5.41, 5.74) is 5.49. The Balaban J connectivity index is 3.02. The van der Waals surface area contributed by atoms with Gasteiger partial charge in [-0.25, -0.2) is 8.78 Å². The molecule has 66 valence electrons. The summed E-state index contributed by atoms with van der Waals surface area (Å²) in [6.45, 7) is 0.155. The molecule has 2 nitrogen and oxygen atoms in total. The van der Waals surface area contributed by atoms with Crippen LogP contribution in [0.3, 0.4) is 0 Å². The second-order valence-corrected chi connectivity index (χ2v) is 2.61. The number of nitrogens with zero attached hydrogens (tertiary/aromatic N) is 1. The van der Waals surface area contributed by atoms with E-state index in [0.717, 1.165) is 6.20 Å². The molecule has 1 aromatic rings. The van der Waals surface area contributed by atoms with Gasteiger partial charge in [0.25, 0.3) is 6.43 Å². The van der Waals surface area contributed by atoms with Gasteiger partial charge in [0.1, 0.15) is 0 Å². The minimum Gasteiger partial charge on any atom is -0.325 e. The Morgan fingerprint density at radius 2 is 2.25 bits per heavy atom. The maximum absolute atomic E-state index is 12.1. The average Bonchev–Trinajstić information content (AvgIpc) is 2.04. The molecule has 0 saturated carbocycles. The van der Waals surface area contributed by atoms with E-state index >= 15 is 0 Å². The molecule has 0 saturated heterocycles. The molecule has 0 fully saturated rings. The largest absolute Gasteiger partial charge is 0.325 e. The van der Waals surface area contributed by atoms with E-state index in [1.165, 1.54) is 6.07 Å². The first-order valence-corrected chi connectivity index (χ1v) is 3.65. The van der Waals surface area contributed by atoms with Gasteiger partial charge in [-0.15, -0.1) is 0 Å². The fourth-order valence-corrected chi connectivity index (χ4v) is 1.00. The molecule has 1 rings (SSSR count). The van der Waals surface area contributed by atoms with Crippen molar-refractivity contribution in [3.8, 4) is 0 Å². The van der Waals surface area contributed by atoms with Gasteiger partial charge in [-0.1, -0.05) is 11.6 Å². The molecule has 5 heteroatoms. The highest BCUT2D eigenvalue weighted by atomic mass is 35.5. The van der Waals surface area contributed by atoms with Gasteiger partial charge in [0, 0.05) is 18.3 Å². The van der Waals surface area contributed by atoms with Gasteiger partial charge < -0.3 is 5.73 Å². The third kappa shape index (κ3) is 1.89. The molecule has 0 unspecified atom stereocenters. The lowest BCUT2D eigenvalue weighted by molar-refractivity contribution is 0.151. The molecular weight excluding hydrogens is 186 g/mol. The lowest BCUT2D eigenvalue weighted by Gasteiger charge is -2.02. The van der Waals surface area contributed by atoms with Crippen LogP contribution in [0.15, 0.2) is 12.3 Å². The number of nitrogens with two attached hydrogens (primary N) is 1. The molecular formula is C7H7ClF2N2. The highest BCUT2D eigenvalue weighted by Gasteiger charge is 2.09. The average molecular weight is 193 g/mol. The van der Waals surface area contributed by atoms with Crippen molar-refractivity contribution >= 4 is 11.6 Å². The first kappa shape index (κ1) is 9.35. The van der Waals surface area contributed by atoms with Crippen LogP contribution in [0.1, 0.15) is 17.7 Å². The molecule has 2 N–H and O–H groups in total. The summed E-state index contributed by atoms with van der Waals surface area (Å²) < 4.78 is 24.1. The lowest BCUT2D eigenvalue weighted by Crippen LogP contribution is -2.01. The van der Waals surface area contributed by atoms with Gasteiger partial charge in [0.05, 0.1) is 10.7 Å².